The molecule has 100 valence electrons. The van der Waals surface area contributed by atoms with Crippen LogP contribution >= 0.6 is 0 Å². The third kappa shape index (κ3) is 5.23. The molecule has 19 heavy (non-hydrogen) atoms. The second kappa shape index (κ2) is 7.70. The predicted molar refractivity (Wildman–Crippen MR) is 77.9 cm³/mol. The summed E-state index contributed by atoms with van der Waals surface area (Å²) in [5.74, 6) is 0. The lowest BCUT2D eigenvalue weighted by molar-refractivity contribution is 0.152. The van der Waals surface area contributed by atoms with E-state index in [0.717, 1.165) is 37.8 Å². The summed E-state index contributed by atoms with van der Waals surface area (Å²) in [6.45, 7) is 0. The Hall–Kier alpha value is -1.67. The Balaban J connectivity index is 1.64. The second-order valence-corrected chi connectivity index (χ2v) is 4.89. The highest BCUT2D eigenvalue weighted by Crippen LogP contribution is 2.10. The quantitative estimate of drug-likeness (QED) is 0.822. The van der Waals surface area contributed by atoms with E-state index in [9.17, 15) is 5.11 Å². The Labute approximate surface area is 115 Å². The molecule has 0 aliphatic rings. The Morgan fingerprint density at radius 2 is 1.68 bits per heavy atom. The van der Waals surface area contributed by atoms with Gasteiger partial charge in [0.15, 0.2) is 0 Å². The first-order valence-electron chi connectivity index (χ1n) is 6.96. The fourth-order valence-corrected chi connectivity index (χ4v) is 2.19. The van der Waals surface area contributed by atoms with E-state index < -0.39 is 0 Å². The van der Waals surface area contributed by atoms with Crippen LogP contribution in [0.1, 0.15) is 30.5 Å². The average Bonchev–Trinajstić information content (AvgIpc) is 2.47. The molecular weight excluding hydrogens is 234 g/mol. The van der Waals surface area contributed by atoms with Gasteiger partial charge in [-0.2, -0.15) is 0 Å². The zero-order valence-electron chi connectivity index (χ0n) is 11.2. The first-order chi connectivity index (χ1) is 9.34. The molecule has 2 aromatic rings. The van der Waals surface area contributed by atoms with Crippen molar-refractivity contribution in [2.75, 3.05) is 0 Å². The Morgan fingerprint density at radius 3 is 2.42 bits per heavy atom. The van der Waals surface area contributed by atoms with Crippen molar-refractivity contribution in [2.45, 2.75) is 38.2 Å². The smallest absolute Gasteiger partial charge is 0.0544 e. The van der Waals surface area contributed by atoms with E-state index in [1.807, 2.05) is 24.3 Å². The summed E-state index contributed by atoms with van der Waals surface area (Å²) < 4.78 is 0. The number of aliphatic hydroxyl groups excluding tert-OH is 1. The summed E-state index contributed by atoms with van der Waals surface area (Å²) in [5, 5.41) is 9.96. The summed E-state index contributed by atoms with van der Waals surface area (Å²) in [6.07, 6.45) is 6.18. The molecule has 2 rings (SSSR count). The van der Waals surface area contributed by atoms with Gasteiger partial charge in [-0.3, -0.25) is 4.98 Å². The van der Waals surface area contributed by atoms with Crippen molar-refractivity contribution in [3.8, 4) is 0 Å². The van der Waals surface area contributed by atoms with Crippen molar-refractivity contribution in [1.82, 2.24) is 4.98 Å². The van der Waals surface area contributed by atoms with Crippen molar-refractivity contribution < 1.29 is 5.11 Å². The molecule has 0 aliphatic heterocycles. The van der Waals surface area contributed by atoms with Crippen LogP contribution in [0, 0.1) is 0 Å². The van der Waals surface area contributed by atoms with Crippen molar-refractivity contribution in [3.63, 3.8) is 0 Å². The van der Waals surface area contributed by atoms with E-state index in [1.54, 1.807) is 6.20 Å². The molecule has 1 aromatic heterocycles. The van der Waals surface area contributed by atoms with Crippen molar-refractivity contribution >= 4 is 0 Å². The molecule has 0 aliphatic carbocycles. The number of benzene rings is 1. The maximum Gasteiger partial charge on any atom is 0.0544 e. The standard InChI is InChI=1S/C17H21NO/c19-17(13-12-16-10-4-5-14-18-16)11-6-9-15-7-2-1-3-8-15/h1-5,7-8,10,14,17,19H,6,9,11-13H2. The number of pyridine rings is 1. The van der Waals surface area contributed by atoms with Gasteiger partial charge in [-0.25, -0.2) is 0 Å². The lowest BCUT2D eigenvalue weighted by Gasteiger charge is -2.10. The van der Waals surface area contributed by atoms with Crippen LogP contribution in [0.15, 0.2) is 54.7 Å². The van der Waals surface area contributed by atoms with Crippen molar-refractivity contribution in [3.05, 3.63) is 66.0 Å². The van der Waals surface area contributed by atoms with Gasteiger partial charge in [0.2, 0.25) is 0 Å². The first kappa shape index (κ1) is 13.8. The SMILES string of the molecule is OC(CCCc1ccccc1)CCc1ccccn1. The van der Waals surface area contributed by atoms with Crippen molar-refractivity contribution in [1.29, 1.82) is 0 Å². The van der Waals surface area contributed by atoms with E-state index in [2.05, 4.69) is 29.2 Å². The predicted octanol–water partition coefficient (Wildman–Crippen LogP) is 3.40. The van der Waals surface area contributed by atoms with E-state index in [1.165, 1.54) is 5.56 Å². The highest BCUT2D eigenvalue weighted by atomic mass is 16.3. The molecule has 2 heteroatoms. The minimum atomic E-state index is -0.217. The van der Waals surface area contributed by atoms with Crippen LogP contribution in [0.4, 0.5) is 0 Å². The van der Waals surface area contributed by atoms with Crippen LogP contribution in [0.3, 0.4) is 0 Å². The highest BCUT2D eigenvalue weighted by molar-refractivity contribution is 5.14. The Bertz CT molecular complexity index is 455. The van der Waals surface area contributed by atoms with E-state index in [0.29, 0.717) is 0 Å². The molecule has 0 saturated heterocycles. The highest BCUT2D eigenvalue weighted by Gasteiger charge is 2.05. The van der Waals surface area contributed by atoms with E-state index >= 15 is 0 Å². The van der Waals surface area contributed by atoms with Gasteiger partial charge in [-0.1, -0.05) is 36.4 Å². The molecule has 0 fully saturated rings. The van der Waals surface area contributed by atoms with E-state index in [-0.39, 0.29) is 6.10 Å². The van der Waals surface area contributed by atoms with Gasteiger partial charge in [-0.15, -0.1) is 0 Å². The maximum absolute atomic E-state index is 9.96. The monoisotopic (exact) mass is 255 g/mol. The largest absolute Gasteiger partial charge is 0.393 e. The first-order valence-corrected chi connectivity index (χ1v) is 6.96. The molecule has 0 bridgehead atoms. The topological polar surface area (TPSA) is 33.1 Å². The lowest BCUT2D eigenvalue weighted by atomic mass is 10.0. The van der Waals surface area contributed by atoms with Crippen LogP contribution < -0.4 is 0 Å². The number of aliphatic hydroxyl groups is 1. The Kier molecular flexibility index (Phi) is 5.57. The normalized spacial score (nSPS) is 12.3. The van der Waals surface area contributed by atoms with Gasteiger partial charge in [-0.05, 0) is 49.8 Å². The molecule has 0 spiro atoms. The molecule has 2 nitrogen and oxygen atoms in total. The molecule has 1 N–H and O–H groups in total. The number of nitrogens with zero attached hydrogens (tertiary/aromatic N) is 1. The van der Waals surface area contributed by atoms with Gasteiger partial charge < -0.3 is 5.11 Å². The minimum absolute atomic E-state index is 0.217. The van der Waals surface area contributed by atoms with Crippen LogP contribution in [0.2, 0.25) is 0 Å². The maximum atomic E-state index is 9.96. The molecule has 1 atom stereocenters. The second-order valence-electron chi connectivity index (χ2n) is 4.89. The van der Waals surface area contributed by atoms with Gasteiger partial charge in [0.1, 0.15) is 0 Å². The molecule has 0 radical (unpaired) electrons. The fraction of sp³-hybridized carbons (Fsp3) is 0.353. The third-order valence-electron chi connectivity index (χ3n) is 3.31. The van der Waals surface area contributed by atoms with Crippen molar-refractivity contribution in [2.24, 2.45) is 0 Å². The summed E-state index contributed by atoms with van der Waals surface area (Å²) in [7, 11) is 0. The van der Waals surface area contributed by atoms with Gasteiger partial charge >= 0.3 is 0 Å². The molecule has 0 saturated carbocycles. The molecule has 1 aromatic carbocycles. The van der Waals surface area contributed by atoms with E-state index in [4.69, 9.17) is 0 Å². The average molecular weight is 255 g/mol. The number of aryl methyl sites for hydroxylation is 2. The number of hydrogen-bond acceptors (Lipinski definition) is 2. The van der Waals surface area contributed by atoms with Crippen LogP contribution in [0.5, 0.6) is 0 Å². The van der Waals surface area contributed by atoms with Gasteiger partial charge in [0, 0.05) is 11.9 Å². The summed E-state index contributed by atoms with van der Waals surface area (Å²) >= 11 is 0. The molecular formula is C17H21NO. The van der Waals surface area contributed by atoms with Crippen LogP contribution in [-0.2, 0) is 12.8 Å². The fourth-order valence-electron chi connectivity index (χ4n) is 2.19. The minimum Gasteiger partial charge on any atom is -0.393 e. The summed E-state index contributed by atoms with van der Waals surface area (Å²) in [5.41, 5.74) is 2.41. The lowest BCUT2D eigenvalue weighted by Crippen LogP contribution is -2.08. The zero-order valence-corrected chi connectivity index (χ0v) is 11.2. The van der Waals surface area contributed by atoms with Gasteiger partial charge in [0.05, 0.1) is 6.10 Å². The number of aromatic nitrogens is 1. The number of rotatable bonds is 7. The van der Waals surface area contributed by atoms with Crippen LogP contribution in [0.25, 0.3) is 0 Å². The van der Waals surface area contributed by atoms with Gasteiger partial charge in [0.25, 0.3) is 0 Å². The zero-order chi connectivity index (χ0) is 13.3. The molecule has 1 heterocycles. The summed E-state index contributed by atoms with van der Waals surface area (Å²) in [4.78, 5) is 4.27. The summed E-state index contributed by atoms with van der Waals surface area (Å²) in [6, 6.07) is 16.4. The van der Waals surface area contributed by atoms with Crippen LogP contribution in [-0.4, -0.2) is 16.2 Å². The third-order valence-corrected chi connectivity index (χ3v) is 3.31. The Morgan fingerprint density at radius 1 is 0.895 bits per heavy atom. The number of hydrogen-bond donors (Lipinski definition) is 1. The molecule has 0 amide bonds. The molecule has 1 unspecified atom stereocenters.